The molecule has 0 bridgehead atoms. The maximum absolute atomic E-state index is 13.5. The molecule has 0 saturated carbocycles. The Balaban J connectivity index is 1.58. The lowest BCUT2D eigenvalue weighted by Gasteiger charge is -2.28. The van der Waals surface area contributed by atoms with Gasteiger partial charge in [0.2, 0.25) is 11.8 Å². The lowest BCUT2D eigenvalue weighted by Crippen LogP contribution is -2.52. The molecule has 14 heteroatoms. The van der Waals surface area contributed by atoms with E-state index in [0.29, 0.717) is 50.5 Å². The van der Waals surface area contributed by atoms with Crippen molar-refractivity contribution in [3.63, 3.8) is 0 Å². The van der Waals surface area contributed by atoms with Gasteiger partial charge in [-0.25, -0.2) is 9.24 Å². The van der Waals surface area contributed by atoms with E-state index in [4.69, 9.17) is 8.83 Å². The number of H-pyrrole nitrogens is 1. The highest BCUT2D eigenvalue weighted by Crippen LogP contribution is 2.51. The average Bonchev–Trinajstić information content (AvgIpc) is 3.29. The van der Waals surface area contributed by atoms with Crippen LogP contribution in [-0.4, -0.2) is 54.8 Å². The number of carbonyl (C=O) groups excluding carboxylic acids is 2. The fourth-order valence-electron chi connectivity index (χ4n) is 4.84. The van der Waals surface area contributed by atoms with E-state index in [1.54, 1.807) is 20.2 Å². The van der Waals surface area contributed by atoms with Crippen LogP contribution >= 0.6 is 17.2 Å². The van der Waals surface area contributed by atoms with Crippen LogP contribution in [0.3, 0.4) is 0 Å². The predicted molar refractivity (Wildman–Crippen MR) is 150 cm³/mol. The van der Waals surface area contributed by atoms with E-state index in [0.717, 1.165) is 17.3 Å². The Kier molecular flexibility index (Phi) is 11.2. The van der Waals surface area contributed by atoms with Gasteiger partial charge >= 0.3 is 13.9 Å². The second-order valence-corrected chi connectivity index (χ2v) is 13.2. The van der Waals surface area contributed by atoms with Crippen LogP contribution in [0, 0.1) is 11.8 Å². The Morgan fingerprint density at radius 3 is 2.62 bits per heavy atom. The number of aromatic nitrogens is 1. The third-order valence-corrected chi connectivity index (χ3v) is 9.99. The summed E-state index contributed by atoms with van der Waals surface area (Å²) in [5.41, 5.74) is 0.783. The fraction of sp³-hybridized carbons (Fsp3) is 0.615. The van der Waals surface area contributed by atoms with E-state index < -0.39 is 31.4 Å². The van der Waals surface area contributed by atoms with Crippen LogP contribution in [0.4, 0.5) is 13.2 Å². The molecule has 0 fully saturated rings. The molecule has 3 N–H and O–H groups in total. The largest absolute Gasteiger partial charge is 0.418 e. The van der Waals surface area contributed by atoms with Crippen molar-refractivity contribution in [2.45, 2.75) is 64.6 Å². The summed E-state index contributed by atoms with van der Waals surface area (Å²) < 4.78 is 64.4. The molecule has 9 nitrogen and oxygen atoms in total. The van der Waals surface area contributed by atoms with E-state index in [1.165, 1.54) is 10.7 Å². The lowest BCUT2D eigenvalue weighted by molar-refractivity contribution is -0.136. The molecule has 0 spiro atoms. The van der Waals surface area contributed by atoms with E-state index in [1.807, 2.05) is 23.3 Å². The number of amides is 2. The molecule has 1 aliphatic carbocycles. The quantitative estimate of drug-likeness (QED) is 0.213. The number of carbonyl (C=O) groups is 2. The molecule has 40 heavy (non-hydrogen) atoms. The van der Waals surface area contributed by atoms with Crippen LogP contribution in [0.5, 0.6) is 0 Å². The van der Waals surface area contributed by atoms with E-state index >= 15 is 0 Å². The van der Waals surface area contributed by atoms with E-state index in [9.17, 15) is 27.3 Å². The van der Waals surface area contributed by atoms with Gasteiger partial charge in [-0.15, -0.1) is 0 Å². The number of alkyl halides is 3. The Morgan fingerprint density at radius 2 is 2.00 bits per heavy atom. The topological polar surface area (TPSA) is 113 Å². The normalized spacial score (nSPS) is 18.7. The van der Waals surface area contributed by atoms with Crippen LogP contribution in [0.15, 0.2) is 18.2 Å². The number of nitrogens with zero attached hydrogens (tertiary/aromatic N) is 1. The minimum Gasteiger partial charge on any atom is -0.358 e. The summed E-state index contributed by atoms with van der Waals surface area (Å²) in [5.74, 6) is -1.16. The smallest absolute Gasteiger partial charge is 0.358 e. The maximum Gasteiger partial charge on any atom is 0.418 e. The zero-order valence-electron chi connectivity index (χ0n) is 23.3. The summed E-state index contributed by atoms with van der Waals surface area (Å²) in [4.78, 5) is 29.2. The first kappa shape index (κ1) is 32.5. The van der Waals surface area contributed by atoms with Gasteiger partial charge in [0, 0.05) is 33.0 Å². The molecule has 4 unspecified atom stereocenters. The molecule has 5 atom stereocenters. The number of aromatic amines is 1. The molecule has 2 aromatic rings. The number of hydrogen-bond donors (Lipinski definition) is 3. The summed E-state index contributed by atoms with van der Waals surface area (Å²) in [6.07, 6.45) is -1.49. The van der Waals surface area contributed by atoms with Crippen molar-refractivity contribution in [3.8, 4) is 0 Å². The minimum atomic E-state index is -4.48. The highest BCUT2D eigenvalue weighted by atomic mass is 31.2. The first-order valence-corrected chi connectivity index (χ1v) is 15.4. The molecular formula is C26H39F3N4O5P2. The number of benzene rings is 1. The van der Waals surface area contributed by atoms with Crippen LogP contribution in [0.2, 0.25) is 0 Å². The van der Waals surface area contributed by atoms with Gasteiger partial charge in [0.15, 0.2) is 0 Å². The van der Waals surface area contributed by atoms with E-state index in [-0.39, 0.29) is 29.9 Å². The molecule has 224 valence electrons. The van der Waals surface area contributed by atoms with Gasteiger partial charge in [0.05, 0.1) is 17.7 Å². The lowest BCUT2D eigenvalue weighted by atomic mass is 9.85. The van der Waals surface area contributed by atoms with Crippen molar-refractivity contribution < 1.29 is 36.2 Å². The van der Waals surface area contributed by atoms with Crippen molar-refractivity contribution >= 4 is 39.9 Å². The Hall–Kier alpha value is -1.97. The van der Waals surface area contributed by atoms with Crippen molar-refractivity contribution in [2.24, 2.45) is 11.8 Å². The minimum absolute atomic E-state index is 0.0500. The van der Waals surface area contributed by atoms with Gasteiger partial charge in [0.1, 0.15) is 6.04 Å². The molecule has 1 aliphatic rings. The summed E-state index contributed by atoms with van der Waals surface area (Å²) in [5, 5.41) is 6.25. The first-order chi connectivity index (χ1) is 18.8. The molecule has 1 aromatic heterocycles. The van der Waals surface area contributed by atoms with Gasteiger partial charge in [-0.2, -0.15) is 13.2 Å². The average molecular weight is 607 g/mol. The zero-order chi connectivity index (χ0) is 29.7. The molecular weight excluding hydrogens is 567 g/mol. The predicted octanol–water partition coefficient (Wildman–Crippen LogP) is 5.21. The molecule has 0 aliphatic heterocycles. The highest BCUT2D eigenvalue weighted by molar-refractivity contribution is 7.55. The van der Waals surface area contributed by atoms with Crippen molar-refractivity contribution in [1.29, 1.82) is 0 Å². The second kappa shape index (κ2) is 13.8. The monoisotopic (exact) mass is 606 g/mol. The summed E-state index contributed by atoms with van der Waals surface area (Å²) in [6.45, 7) is 4.36. The SMILES string of the molecule is CC[C@H](C)C(NC(=O)C1CCc2[nH]c3c(C(F)(F)F)cccc3c2C1)C(=O)NCCCCOP(=O)(OP)N(C)C. The summed E-state index contributed by atoms with van der Waals surface area (Å²) in [7, 11) is 1.79. The number of nitrogens with one attached hydrogen (secondary N) is 3. The van der Waals surface area contributed by atoms with Crippen LogP contribution in [0.1, 0.15) is 56.4 Å². The molecule has 1 aromatic carbocycles. The van der Waals surface area contributed by atoms with Crippen molar-refractivity contribution in [3.05, 3.63) is 35.0 Å². The van der Waals surface area contributed by atoms with Crippen LogP contribution in [-0.2, 0) is 42.0 Å². The maximum atomic E-state index is 13.5. The Morgan fingerprint density at radius 1 is 1.27 bits per heavy atom. The zero-order valence-corrected chi connectivity index (χ0v) is 25.3. The van der Waals surface area contributed by atoms with Crippen molar-refractivity contribution in [2.75, 3.05) is 27.2 Å². The highest BCUT2D eigenvalue weighted by Gasteiger charge is 2.36. The number of aryl methyl sites for hydroxylation is 1. The first-order valence-electron chi connectivity index (χ1n) is 13.4. The van der Waals surface area contributed by atoms with Gasteiger partial charge < -0.3 is 15.6 Å². The molecule has 1 heterocycles. The number of fused-ring (bicyclic) bond motifs is 3. The van der Waals surface area contributed by atoms with Crippen LogP contribution in [0.25, 0.3) is 10.9 Å². The number of rotatable bonds is 13. The number of para-hydroxylation sites is 1. The molecule has 0 saturated heterocycles. The van der Waals surface area contributed by atoms with Gasteiger partial charge in [-0.05, 0) is 63.7 Å². The van der Waals surface area contributed by atoms with Gasteiger partial charge in [0.25, 0.3) is 0 Å². The number of unbranched alkanes of at least 4 members (excludes halogenated alkanes) is 1. The third-order valence-electron chi connectivity index (χ3n) is 7.44. The summed E-state index contributed by atoms with van der Waals surface area (Å²) in [6, 6.07) is 3.34. The van der Waals surface area contributed by atoms with Gasteiger partial charge in [-0.1, -0.05) is 32.4 Å². The van der Waals surface area contributed by atoms with Crippen molar-refractivity contribution in [1.82, 2.24) is 20.3 Å². The summed E-state index contributed by atoms with van der Waals surface area (Å²) >= 11 is 0. The second-order valence-electron chi connectivity index (χ2n) is 10.4. The third kappa shape index (κ3) is 7.65. The standard InChI is InChI=1S/C26H39F3N4O5P2/c1-5-16(2)22(25(35)30-13-6-7-14-37-40(36,38-39)33(3)4)32-24(34)17-11-12-21-19(15-17)18-9-8-10-20(23(18)31-21)26(27,28)29/h8-10,16-17,22,31H,5-7,11-15,39H2,1-4H3,(H,30,35)(H,32,34)/t16-,17?,22?,40?/m0/s1. The number of halogens is 3. The molecule has 0 radical (unpaired) electrons. The Labute approximate surface area is 235 Å². The van der Waals surface area contributed by atoms with E-state index in [2.05, 4.69) is 15.6 Å². The van der Waals surface area contributed by atoms with Crippen LogP contribution < -0.4 is 10.6 Å². The Bertz CT molecular complexity index is 1240. The van der Waals surface area contributed by atoms with Gasteiger partial charge in [-0.3, -0.25) is 18.4 Å². The number of hydrogen-bond acceptors (Lipinski definition) is 5. The fourth-order valence-corrected chi connectivity index (χ4v) is 6.43. The molecule has 3 rings (SSSR count). The molecule has 2 amide bonds.